The Morgan fingerprint density at radius 1 is 1.26 bits per heavy atom. The van der Waals surface area contributed by atoms with E-state index in [1.165, 1.54) is 26.6 Å². The molecule has 0 radical (unpaired) electrons. The summed E-state index contributed by atoms with van der Waals surface area (Å²) in [7, 11) is 0. The third-order valence-corrected chi connectivity index (χ3v) is 1.74. The van der Waals surface area contributed by atoms with Gasteiger partial charge in [0.2, 0.25) is 5.82 Å². The monoisotopic (exact) mass is 272 g/mol. The van der Waals surface area contributed by atoms with Crippen molar-refractivity contribution in [3.63, 3.8) is 0 Å². The number of nitrogens with zero attached hydrogens (tertiary/aromatic N) is 3. The van der Waals surface area contributed by atoms with Gasteiger partial charge in [0.05, 0.1) is 0 Å². The average Bonchev–Trinajstić information content (AvgIpc) is 2.23. The van der Waals surface area contributed by atoms with Gasteiger partial charge in [0, 0.05) is 0 Å². The Balaban J connectivity index is 3.27. The summed E-state index contributed by atoms with van der Waals surface area (Å²) in [5.74, 6) is -3.40. The molecule has 1 rings (SSSR count). The van der Waals surface area contributed by atoms with Gasteiger partial charge in [-0.05, 0) is 20.8 Å². The quantitative estimate of drug-likeness (QED) is 0.271. The van der Waals surface area contributed by atoms with Crippen LogP contribution in [0.2, 0.25) is 0 Å². The molecule has 0 bridgehead atoms. The first-order valence-electron chi connectivity index (χ1n) is 5.05. The number of hydrogen-bond donors (Lipinski definition) is 0. The van der Waals surface area contributed by atoms with Crippen molar-refractivity contribution in [1.82, 2.24) is 9.97 Å². The predicted octanol–water partition coefficient (Wildman–Crippen LogP) is 1.86. The molecule has 5 nitrogen and oxygen atoms in total. The van der Waals surface area contributed by atoms with E-state index in [0.29, 0.717) is 0 Å². The van der Waals surface area contributed by atoms with Crippen LogP contribution in [0.1, 0.15) is 26.5 Å². The van der Waals surface area contributed by atoms with Gasteiger partial charge in [0.1, 0.15) is 16.9 Å². The van der Waals surface area contributed by atoms with Crippen molar-refractivity contribution >= 4 is 17.4 Å². The van der Waals surface area contributed by atoms with Crippen LogP contribution in [0.5, 0.6) is 0 Å². The van der Waals surface area contributed by atoms with Gasteiger partial charge in [0.25, 0.3) is 5.95 Å². The van der Waals surface area contributed by atoms with Crippen LogP contribution in [-0.4, -0.2) is 27.4 Å². The van der Waals surface area contributed by atoms with Crippen molar-refractivity contribution in [1.29, 1.82) is 0 Å². The van der Waals surface area contributed by atoms with E-state index < -0.39 is 40.7 Å². The number of carbonyl (C=O) groups is 1. The Kier molecular flexibility index (Phi) is 4.06. The van der Waals surface area contributed by atoms with Crippen LogP contribution in [0, 0.1) is 17.8 Å². The smallest absolute Gasteiger partial charge is 0.347 e. The fourth-order valence-electron chi connectivity index (χ4n) is 1.08. The summed E-state index contributed by atoms with van der Waals surface area (Å²) in [6, 6.07) is 0. The van der Waals surface area contributed by atoms with Crippen molar-refractivity contribution in [2.75, 3.05) is 0 Å². The second-order valence-corrected chi connectivity index (χ2v) is 4.43. The third-order valence-electron chi connectivity index (χ3n) is 1.74. The fourth-order valence-corrected chi connectivity index (χ4v) is 1.08. The molecule has 0 spiro atoms. The van der Waals surface area contributed by atoms with Gasteiger partial charge in [0.15, 0.2) is 0 Å². The maximum Gasteiger partial charge on any atom is 0.347 e. The molecule has 0 saturated heterocycles. The summed E-state index contributed by atoms with van der Waals surface area (Å²) in [6.07, 6.45) is -1.59. The van der Waals surface area contributed by atoms with E-state index in [4.69, 9.17) is 10.1 Å². The topological polar surface area (TPSA) is 74.4 Å². The van der Waals surface area contributed by atoms with Gasteiger partial charge >= 0.3 is 12.0 Å². The summed E-state index contributed by atoms with van der Waals surface area (Å²) >= 11 is 0. The summed E-state index contributed by atoms with van der Waals surface area (Å²) in [4.78, 5) is 17.0. The lowest BCUT2D eigenvalue weighted by Crippen LogP contribution is -2.25. The molecule has 1 heterocycles. The summed E-state index contributed by atoms with van der Waals surface area (Å²) in [6.45, 7) is 4.53. The highest BCUT2D eigenvalue weighted by Crippen LogP contribution is 2.19. The van der Waals surface area contributed by atoms with Crippen molar-refractivity contribution in [3.8, 4) is 0 Å². The normalized spacial score (nSPS) is 10.8. The highest BCUT2D eigenvalue weighted by atomic mass is 19.2. The Labute approximate surface area is 106 Å². The van der Waals surface area contributed by atoms with Crippen LogP contribution in [-0.2, 0) is 9.53 Å². The molecule has 0 aliphatic carbocycles. The van der Waals surface area contributed by atoms with Crippen LogP contribution in [0.15, 0.2) is 0 Å². The van der Waals surface area contributed by atoms with E-state index in [0.717, 1.165) is 0 Å². The highest BCUT2D eigenvalue weighted by molar-refractivity contribution is 6.25. The number of halogens is 3. The van der Waals surface area contributed by atoms with Gasteiger partial charge in [-0.3, -0.25) is 5.87 Å². The van der Waals surface area contributed by atoms with Crippen LogP contribution in [0.3, 0.4) is 0 Å². The van der Waals surface area contributed by atoms with E-state index in [1.54, 1.807) is 0 Å². The number of carbonyl (C=O) groups excluding carboxylic acids is 1. The molecule has 0 N–H and O–H groups in total. The first-order chi connectivity index (χ1) is 8.65. The predicted molar refractivity (Wildman–Crippen MR) is 59.5 cm³/mol. The first kappa shape index (κ1) is 14.8. The Morgan fingerprint density at radius 2 is 1.84 bits per heavy atom. The molecule has 1 aromatic rings. The molecule has 1 aromatic heterocycles. The molecule has 0 aliphatic rings. The molecular formula is C11H9F3N3O2-. The SMILES string of the molecule is CC(C)(C)OC(=O)C(=C=[N-])c1nc(F)nc(F)c1F. The number of hydrogen-bond acceptors (Lipinski definition) is 4. The van der Waals surface area contributed by atoms with Gasteiger partial charge in [-0.2, -0.15) is 23.1 Å². The molecule has 0 aromatic carbocycles. The van der Waals surface area contributed by atoms with Gasteiger partial charge in [-0.15, -0.1) is 0 Å². The molecule has 19 heavy (non-hydrogen) atoms. The van der Waals surface area contributed by atoms with Gasteiger partial charge < -0.3 is 10.1 Å². The molecule has 0 amide bonds. The van der Waals surface area contributed by atoms with Crippen molar-refractivity contribution in [3.05, 3.63) is 28.9 Å². The molecular weight excluding hydrogens is 263 g/mol. The molecule has 0 saturated carbocycles. The third kappa shape index (κ3) is 3.62. The van der Waals surface area contributed by atoms with Crippen LogP contribution in [0.4, 0.5) is 13.2 Å². The van der Waals surface area contributed by atoms with E-state index in [9.17, 15) is 18.0 Å². The first-order valence-corrected chi connectivity index (χ1v) is 5.05. The fraction of sp³-hybridized carbons (Fsp3) is 0.364. The van der Waals surface area contributed by atoms with Gasteiger partial charge in [-0.1, -0.05) is 0 Å². The van der Waals surface area contributed by atoms with Crippen LogP contribution < -0.4 is 0 Å². The molecule has 0 unspecified atom stereocenters. The second-order valence-electron chi connectivity index (χ2n) is 4.43. The molecule has 0 aliphatic heterocycles. The van der Waals surface area contributed by atoms with Crippen LogP contribution in [0.25, 0.3) is 11.0 Å². The van der Waals surface area contributed by atoms with Crippen molar-refractivity contribution < 1.29 is 22.7 Å². The Morgan fingerprint density at radius 3 is 2.32 bits per heavy atom. The lowest BCUT2D eigenvalue weighted by molar-refractivity contribution is -0.147. The maximum atomic E-state index is 13.4. The second kappa shape index (κ2) is 5.19. The van der Waals surface area contributed by atoms with E-state index in [1.807, 2.05) is 0 Å². The van der Waals surface area contributed by atoms with Gasteiger partial charge in [-0.25, -0.2) is 4.79 Å². The lowest BCUT2D eigenvalue weighted by Gasteiger charge is -2.20. The lowest BCUT2D eigenvalue weighted by atomic mass is 10.1. The number of esters is 1. The van der Waals surface area contributed by atoms with E-state index in [2.05, 4.69) is 9.97 Å². The van der Waals surface area contributed by atoms with Crippen molar-refractivity contribution in [2.24, 2.45) is 0 Å². The Bertz CT molecular complexity index is 575. The molecule has 8 heteroatoms. The Hall–Kier alpha value is -2.21. The molecule has 102 valence electrons. The minimum Gasteiger partial charge on any atom is -0.763 e. The van der Waals surface area contributed by atoms with E-state index >= 15 is 0 Å². The zero-order chi connectivity index (χ0) is 14.8. The number of rotatable bonds is 2. The maximum absolute atomic E-state index is 13.4. The summed E-state index contributed by atoms with van der Waals surface area (Å²) in [5, 5.41) is 8.79. The molecule has 0 fully saturated rings. The highest BCUT2D eigenvalue weighted by Gasteiger charge is 2.25. The average molecular weight is 272 g/mol. The largest absolute Gasteiger partial charge is 0.763 e. The number of aromatic nitrogens is 2. The van der Waals surface area contributed by atoms with Crippen LogP contribution >= 0.6 is 0 Å². The van der Waals surface area contributed by atoms with E-state index in [-0.39, 0.29) is 0 Å². The minimum atomic E-state index is -1.79. The zero-order valence-electron chi connectivity index (χ0n) is 10.3. The number of ether oxygens (including phenoxy) is 1. The molecule has 0 atom stereocenters. The summed E-state index contributed by atoms with van der Waals surface area (Å²) in [5.41, 5.74) is -2.96. The zero-order valence-corrected chi connectivity index (χ0v) is 10.3. The minimum absolute atomic E-state index is 0.937. The summed E-state index contributed by atoms with van der Waals surface area (Å²) < 4.78 is 43.9. The standard InChI is InChI=1S/C11H9F3N3O2/c1-11(2,3)19-9(18)5(4-15)7-6(12)8(13)17-10(14)16-7/h1-3H3/q-1. The van der Waals surface area contributed by atoms with Crippen molar-refractivity contribution in [2.45, 2.75) is 26.4 Å².